The number of ether oxygens (including phenoxy) is 1. The first-order valence-corrected chi connectivity index (χ1v) is 13.9. The third kappa shape index (κ3) is 11.1. The average Bonchev–Trinajstić information content (AvgIpc) is 2.91. The Hall–Kier alpha value is -2.02. The van der Waals surface area contributed by atoms with Gasteiger partial charge in [0.25, 0.3) is 0 Å². The van der Waals surface area contributed by atoms with Crippen LogP contribution in [0.4, 0.5) is 0 Å². The second-order valence-electron chi connectivity index (χ2n) is 10.2. The van der Waals surface area contributed by atoms with Gasteiger partial charge in [0, 0.05) is 5.97 Å². The van der Waals surface area contributed by atoms with E-state index in [0.717, 1.165) is 49.7 Å². The van der Waals surface area contributed by atoms with Crippen molar-refractivity contribution < 1.29 is 38.3 Å². The molecule has 0 aliphatic rings. The van der Waals surface area contributed by atoms with Crippen LogP contribution in [0.2, 0.25) is 0 Å². The van der Waals surface area contributed by atoms with Gasteiger partial charge < -0.3 is 14.6 Å². The fourth-order valence-corrected chi connectivity index (χ4v) is 5.19. The van der Waals surface area contributed by atoms with Crippen LogP contribution < -0.4 is 24.0 Å². The molecule has 0 N–H and O–H groups in total. The maximum atomic E-state index is 13.6. The average molecular weight is 501 g/mol. The zero-order valence-corrected chi connectivity index (χ0v) is 23.7. The van der Waals surface area contributed by atoms with Crippen LogP contribution in [0.3, 0.4) is 0 Å². The fraction of sp³-hybridized carbons (Fsp3) is 0.562. The first kappa shape index (κ1) is 33.0. The molecule has 0 radical (unpaired) electrons. The van der Waals surface area contributed by atoms with Crippen molar-refractivity contribution in [2.24, 2.45) is 17.8 Å². The second-order valence-corrected chi connectivity index (χ2v) is 10.2. The summed E-state index contributed by atoms with van der Waals surface area (Å²) in [6.45, 7) is 8.65. The molecule has 4 nitrogen and oxygen atoms in total. The smallest absolute Gasteiger partial charge is 0.550 e. The molecular weight excluding hydrogens is 455 g/mol. The molecule has 0 heterocycles. The number of hydrogen-bond acceptors (Lipinski definition) is 4. The zero-order valence-electron chi connectivity index (χ0n) is 23.7. The quantitative estimate of drug-likeness (QED) is 0.244. The zero-order chi connectivity index (χ0) is 26.3. The van der Waals surface area contributed by atoms with E-state index in [1.54, 1.807) is 6.92 Å². The van der Waals surface area contributed by atoms with Crippen LogP contribution in [0.15, 0.2) is 60.7 Å². The SMILES string of the molecule is CCCCC(CC)COC(=O)C(CCC(CC(C)C(=O)[O-])c1ccccc1)C(CC)c1ccccc1.[Li+]. The topological polar surface area (TPSA) is 66.4 Å². The molecular formula is C32H45LiO4. The van der Waals surface area contributed by atoms with Crippen LogP contribution >= 0.6 is 0 Å². The molecule has 0 saturated heterocycles. The van der Waals surface area contributed by atoms with Gasteiger partial charge in [-0.3, -0.25) is 4.79 Å². The molecule has 0 aromatic heterocycles. The summed E-state index contributed by atoms with van der Waals surface area (Å²) >= 11 is 0. The van der Waals surface area contributed by atoms with Crippen molar-refractivity contribution in [3.05, 3.63) is 71.8 Å². The Bertz CT molecular complexity index is 886. The monoisotopic (exact) mass is 500 g/mol. The first-order valence-electron chi connectivity index (χ1n) is 13.9. The van der Waals surface area contributed by atoms with E-state index in [4.69, 9.17) is 4.74 Å². The molecule has 0 fully saturated rings. The molecule has 2 aromatic rings. The van der Waals surface area contributed by atoms with Gasteiger partial charge in [0.2, 0.25) is 0 Å². The molecule has 0 spiro atoms. The number of esters is 1. The number of carboxylic acids is 1. The van der Waals surface area contributed by atoms with Gasteiger partial charge in [-0.1, -0.05) is 108 Å². The van der Waals surface area contributed by atoms with Crippen LogP contribution in [0.5, 0.6) is 0 Å². The number of carbonyl (C=O) groups is 2. The van der Waals surface area contributed by atoms with Gasteiger partial charge in [-0.15, -0.1) is 0 Å². The summed E-state index contributed by atoms with van der Waals surface area (Å²) in [7, 11) is 0. The summed E-state index contributed by atoms with van der Waals surface area (Å²) < 4.78 is 5.97. The molecule has 5 heteroatoms. The van der Waals surface area contributed by atoms with E-state index in [0.29, 0.717) is 25.4 Å². The van der Waals surface area contributed by atoms with Crippen LogP contribution in [0, 0.1) is 17.8 Å². The number of benzene rings is 2. The first-order chi connectivity index (χ1) is 17.4. The summed E-state index contributed by atoms with van der Waals surface area (Å²) in [5.41, 5.74) is 2.26. The van der Waals surface area contributed by atoms with Gasteiger partial charge in [0.05, 0.1) is 12.5 Å². The molecule has 0 saturated carbocycles. The largest absolute Gasteiger partial charge is 1.00 e. The van der Waals surface area contributed by atoms with Gasteiger partial charge >= 0.3 is 24.8 Å². The van der Waals surface area contributed by atoms with E-state index in [-0.39, 0.29) is 42.6 Å². The van der Waals surface area contributed by atoms with Crippen LogP contribution in [-0.4, -0.2) is 18.5 Å². The predicted molar refractivity (Wildman–Crippen MR) is 144 cm³/mol. The molecule has 0 aliphatic carbocycles. The minimum Gasteiger partial charge on any atom is -0.550 e. The molecule has 2 aromatic carbocycles. The fourth-order valence-electron chi connectivity index (χ4n) is 5.19. The van der Waals surface area contributed by atoms with Gasteiger partial charge in [-0.25, -0.2) is 0 Å². The third-order valence-corrected chi connectivity index (χ3v) is 7.60. The van der Waals surface area contributed by atoms with Gasteiger partial charge in [0.15, 0.2) is 0 Å². The van der Waals surface area contributed by atoms with Crippen LogP contribution in [0.25, 0.3) is 0 Å². The number of rotatable bonds is 17. The predicted octanol–water partition coefficient (Wildman–Crippen LogP) is 3.90. The minimum atomic E-state index is -1.03. The van der Waals surface area contributed by atoms with Crippen LogP contribution in [0.1, 0.15) is 102 Å². The number of hydrogen-bond donors (Lipinski definition) is 0. The number of carboxylic acid groups (broad SMARTS) is 1. The van der Waals surface area contributed by atoms with Gasteiger partial charge in [-0.05, 0) is 66.9 Å². The van der Waals surface area contributed by atoms with E-state index < -0.39 is 11.9 Å². The summed E-state index contributed by atoms with van der Waals surface area (Å²) in [5.74, 6) is -1.49. The molecule has 5 unspecified atom stereocenters. The van der Waals surface area contributed by atoms with Crippen molar-refractivity contribution in [2.45, 2.75) is 90.9 Å². The van der Waals surface area contributed by atoms with Crippen LogP contribution in [-0.2, 0) is 14.3 Å². The van der Waals surface area contributed by atoms with Crippen molar-refractivity contribution in [1.29, 1.82) is 0 Å². The number of unbranched alkanes of at least 4 members (excludes halogenated alkanes) is 1. The van der Waals surface area contributed by atoms with E-state index >= 15 is 0 Å². The van der Waals surface area contributed by atoms with Crippen molar-refractivity contribution in [1.82, 2.24) is 0 Å². The number of aliphatic carboxylic acids is 1. The van der Waals surface area contributed by atoms with E-state index in [9.17, 15) is 14.7 Å². The Morgan fingerprint density at radius 2 is 1.43 bits per heavy atom. The Kier molecular flexibility index (Phi) is 16.3. The summed E-state index contributed by atoms with van der Waals surface area (Å²) in [5, 5.41) is 11.5. The Morgan fingerprint density at radius 1 is 0.838 bits per heavy atom. The van der Waals surface area contributed by atoms with Gasteiger partial charge in [-0.2, -0.15) is 0 Å². The molecule has 198 valence electrons. The molecule has 5 atom stereocenters. The second kappa shape index (κ2) is 18.3. The number of carbonyl (C=O) groups excluding carboxylic acids is 2. The van der Waals surface area contributed by atoms with Gasteiger partial charge in [0.1, 0.15) is 0 Å². The molecule has 0 aliphatic heterocycles. The molecule has 37 heavy (non-hydrogen) atoms. The maximum Gasteiger partial charge on any atom is 1.00 e. The standard InChI is InChI=1S/C32H46O4.Li/c1-5-8-15-25(6-2)23-36-32(35)30(29(7-3)27-18-13-10-14-19-27)21-20-28(22-24(4)31(33)34)26-16-11-9-12-17-26;/h9-14,16-19,24-25,28-30H,5-8,15,20-23H2,1-4H3,(H,33,34);/q;+1/p-1. The Balaban J connectivity index is 0.00000684. The molecule has 0 amide bonds. The summed E-state index contributed by atoms with van der Waals surface area (Å²) in [4.78, 5) is 25.1. The molecule has 2 rings (SSSR count). The molecule has 0 bridgehead atoms. The third-order valence-electron chi connectivity index (χ3n) is 7.60. The van der Waals surface area contributed by atoms with Crippen molar-refractivity contribution >= 4 is 11.9 Å². The van der Waals surface area contributed by atoms with Crippen molar-refractivity contribution in [2.75, 3.05) is 6.61 Å². The van der Waals surface area contributed by atoms with Crippen molar-refractivity contribution in [3.8, 4) is 0 Å². The van der Waals surface area contributed by atoms with E-state index in [1.807, 2.05) is 48.5 Å². The summed E-state index contributed by atoms with van der Waals surface area (Å²) in [6, 6.07) is 20.3. The minimum absolute atomic E-state index is 0. The van der Waals surface area contributed by atoms with E-state index in [2.05, 4.69) is 32.9 Å². The maximum absolute atomic E-state index is 13.6. The normalized spacial score (nSPS) is 15.0. The Labute approximate surface area is 236 Å². The van der Waals surface area contributed by atoms with Crippen molar-refractivity contribution in [3.63, 3.8) is 0 Å². The summed E-state index contributed by atoms with van der Waals surface area (Å²) in [6.07, 6.45) is 7.08. The Morgan fingerprint density at radius 3 is 1.95 bits per heavy atom. The van der Waals surface area contributed by atoms with E-state index in [1.165, 1.54) is 0 Å².